The van der Waals surface area contributed by atoms with Gasteiger partial charge in [0.2, 0.25) is 11.7 Å². The van der Waals surface area contributed by atoms with E-state index >= 15 is 0 Å². The molecule has 6 heteroatoms. The molecule has 0 amide bonds. The van der Waals surface area contributed by atoms with E-state index < -0.39 is 0 Å². The number of nitrogens with zero attached hydrogens (tertiary/aromatic N) is 2. The molecule has 0 radical (unpaired) electrons. The molecular weight excluding hydrogens is 242 g/mol. The number of halogens is 1. The minimum absolute atomic E-state index is 0. The fourth-order valence-corrected chi connectivity index (χ4v) is 2.36. The lowest BCUT2D eigenvalue weighted by atomic mass is 10.1. The van der Waals surface area contributed by atoms with E-state index in [0.717, 1.165) is 44.1 Å². The Morgan fingerprint density at radius 2 is 2.12 bits per heavy atom. The summed E-state index contributed by atoms with van der Waals surface area (Å²) in [6.45, 7) is 1.86. The number of ether oxygens (including phenoxy) is 1. The zero-order valence-electron chi connectivity index (χ0n) is 9.72. The van der Waals surface area contributed by atoms with E-state index in [1.54, 1.807) is 0 Å². The number of rotatable bonds is 2. The van der Waals surface area contributed by atoms with Crippen LogP contribution < -0.4 is 5.32 Å². The van der Waals surface area contributed by atoms with Gasteiger partial charge in [-0.3, -0.25) is 0 Å². The monoisotopic (exact) mass is 259 g/mol. The van der Waals surface area contributed by atoms with Gasteiger partial charge in [0.15, 0.2) is 0 Å². The molecule has 2 fully saturated rings. The molecule has 5 nitrogen and oxygen atoms in total. The SMILES string of the molecule is C1CC[C@@H](c2nc(C3CCCO3)no2)NC1.Cl. The van der Waals surface area contributed by atoms with Crippen LogP contribution in [0.5, 0.6) is 0 Å². The van der Waals surface area contributed by atoms with E-state index in [0.29, 0.717) is 0 Å². The van der Waals surface area contributed by atoms with Gasteiger partial charge in [-0.15, -0.1) is 12.4 Å². The summed E-state index contributed by atoms with van der Waals surface area (Å²) in [4.78, 5) is 4.45. The largest absolute Gasteiger partial charge is 0.370 e. The maximum atomic E-state index is 5.53. The van der Waals surface area contributed by atoms with Crippen molar-refractivity contribution in [2.75, 3.05) is 13.2 Å². The molecule has 17 heavy (non-hydrogen) atoms. The molecule has 1 aromatic rings. The average molecular weight is 260 g/mol. The molecule has 0 aliphatic carbocycles. The zero-order chi connectivity index (χ0) is 10.8. The van der Waals surface area contributed by atoms with Crippen LogP contribution in [0.3, 0.4) is 0 Å². The standard InChI is InChI=1S/C11H17N3O2.ClH/c1-2-6-12-8(4-1)11-13-10(14-16-11)9-5-3-7-15-9;/h8-9,12H,1-7H2;1H/t8-,9?;/m0./s1. The number of aromatic nitrogens is 2. The van der Waals surface area contributed by atoms with Crippen molar-refractivity contribution in [3.05, 3.63) is 11.7 Å². The van der Waals surface area contributed by atoms with Gasteiger partial charge in [-0.2, -0.15) is 4.98 Å². The summed E-state index contributed by atoms with van der Waals surface area (Å²) < 4.78 is 10.8. The first-order valence-corrected chi connectivity index (χ1v) is 6.12. The second-order valence-electron chi connectivity index (χ2n) is 4.49. The molecular formula is C11H18ClN3O2. The number of hydrogen-bond acceptors (Lipinski definition) is 5. The molecule has 0 aromatic carbocycles. The predicted molar refractivity (Wildman–Crippen MR) is 64.1 cm³/mol. The Bertz CT molecular complexity index is 346. The van der Waals surface area contributed by atoms with Crippen molar-refractivity contribution < 1.29 is 9.26 Å². The second-order valence-corrected chi connectivity index (χ2v) is 4.49. The molecule has 1 N–H and O–H groups in total. The van der Waals surface area contributed by atoms with Gasteiger partial charge in [-0.1, -0.05) is 11.6 Å². The summed E-state index contributed by atoms with van der Waals surface area (Å²) >= 11 is 0. The molecule has 0 bridgehead atoms. The first-order chi connectivity index (χ1) is 7.93. The molecule has 3 rings (SSSR count). The van der Waals surface area contributed by atoms with Gasteiger partial charge in [0, 0.05) is 6.61 Å². The molecule has 96 valence electrons. The van der Waals surface area contributed by atoms with Gasteiger partial charge >= 0.3 is 0 Å². The zero-order valence-corrected chi connectivity index (χ0v) is 10.5. The molecule has 2 aliphatic heterocycles. The number of nitrogens with one attached hydrogen (secondary N) is 1. The number of piperidine rings is 1. The van der Waals surface area contributed by atoms with E-state index in [9.17, 15) is 0 Å². The van der Waals surface area contributed by atoms with Gasteiger partial charge in [-0.25, -0.2) is 0 Å². The third-order valence-corrected chi connectivity index (χ3v) is 3.28. The highest BCUT2D eigenvalue weighted by atomic mass is 35.5. The maximum absolute atomic E-state index is 5.53. The lowest BCUT2D eigenvalue weighted by Gasteiger charge is -2.19. The van der Waals surface area contributed by atoms with Crippen molar-refractivity contribution in [3.8, 4) is 0 Å². The molecule has 1 unspecified atom stereocenters. The minimum Gasteiger partial charge on any atom is -0.370 e. The van der Waals surface area contributed by atoms with Gasteiger partial charge in [0.25, 0.3) is 0 Å². The van der Waals surface area contributed by atoms with Crippen LogP contribution in [0.15, 0.2) is 4.52 Å². The van der Waals surface area contributed by atoms with Crippen LogP contribution in [0, 0.1) is 0 Å². The Balaban J connectivity index is 0.00000108. The van der Waals surface area contributed by atoms with Crippen LogP contribution >= 0.6 is 12.4 Å². The van der Waals surface area contributed by atoms with E-state index in [4.69, 9.17) is 9.26 Å². The molecule has 0 saturated carbocycles. The second kappa shape index (κ2) is 5.80. The minimum atomic E-state index is 0. The van der Waals surface area contributed by atoms with Crippen molar-refractivity contribution >= 4 is 12.4 Å². The van der Waals surface area contributed by atoms with E-state index in [1.165, 1.54) is 12.8 Å². The summed E-state index contributed by atoms with van der Waals surface area (Å²) in [6, 6.07) is 0.247. The third-order valence-electron chi connectivity index (χ3n) is 3.28. The molecule has 3 heterocycles. The first-order valence-electron chi connectivity index (χ1n) is 6.12. The molecule has 2 aliphatic rings. The molecule has 0 spiro atoms. The van der Waals surface area contributed by atoms with Crippen LogP contribution in [0.2, 0.25) is 0 Å². The Hall–Kier alpha value is -0.650. The summed E-state index contributed by atoms with van der Waals surface area (Å²) in [5.41, 5.74) is 0. The van der Waals surface area contributed by atoms with Crippen molar-refractivity contribution in [3.63, 3.8) is 0 Å². The van der Waals surface area contributed by atoms with Crippen molar-refractivity contribution in [1.82, 2.24) is 15.5 Å². The van der Waals surface area contributed by atoms with Gasteiger partial charge in [0.1, 0.15) is 6.10 Å². The Morgan fingerprint density at radius 3 is 2.82 bits per heavy atom. The Morgan fingerprint density at radius 1 is 1.18 bits per heavy atom. The Labute approximate surface area is 107 Å². The van der Waals surface area contributed by atoms with Crippen molar-refractivity contribution in [2.45, 2.75) is 44.2 Å². The van der Waals surface area contributed by atoms with Crippen LogP contribution in [-0.2, 0) is 4.74 Å². The van der Waals surface area contributed by atoms with Crippen LogP contribution in [0.25, 0.3) is 0 Å². The third kappa shape index (κ3) is 2.78. The van der Waals surface area contributed by atoms with Crippen molar-refractivity contribution in [1.29, 1.82) is 0 Å². The summed E-state index contributed by atoms with van der Waals surface area (Å²) in [6.07, 6.45) is 5.72. The quantitative estimate of drug-likeness (QED) is 0.882. The molecule has 2 atom stereocenters. The first kappa shape index (κ1) is 12.8. The van der Waals surface area contributed by atoms with E-state index in [-0.39, 0.29) is 24.6 Å². The summed E-state index contributed by atoms with van der Waals surface area (Å²) in [5.74, 6) is 1.45. The average Bonchev–Trinajstić information content (AvgIpc) is 3.01. The smallest absolute Gasteiger partial charge is 0.243 e. The lowest BCUT2D eigenvalue weighted by molar-refractivity contribution is 0.103. The lowest BCUT2D eigenvalue weighted by Crippen LogP contribution is -2.27. The molecule has 1 aromatic heterocycles. The van der Waals surface area contributed by atoms with Crippen LogP contribution in [0.1, 0.15) is 56.0 Å². The van der Waals surface area contributed by atoms with E-state index in [1.807, 2.05) is 0 Å². The van der Waals surface area contributed by atoms with Gasteiger partial charge < -0.3 is 14.6 Å². The molecule has 2 saturated heterocycles. The highest BCUT2D eigenvalue weighted by Gasteiger charge is 2.26. The van der Waals surface area contributed by atoms with Crippen LogP contribution in [-0.4, -0.2) is 23.3 Å². The summed E-state index contributed by atoms with van der Waals surface area (Å²) in [7, 11) is 0. The normalized spacial score (nSPS) is 28.9. The predicted octanol–water partition coefficient (Wildman–Crippen LogP) is 2.16. The van der Waals surface area contributed by atoms with Crippen molar-refractivity contribution in [2.24, 2.45) is 0 Å². The fraction of sp³-hybridized carbons (Fsp3) is 0.818. The highest BCUT2D eigenvalue weighted by molar-refractivity contribution is 5.85. The Kier molecular flexibility index (Phi) is 4.36. The fourth-order valence-electron chi connectivity index (χ4n) is 2.36. The van der Waals surface area contributed by atoms with Crippen LogP contribution in [0.4, 0.5) is 0 Å². The maximum Gasteiger partial charge on any atom is 0.243 e. The highest BCUT2D eigenvalue weighted by Crippen LogP contribution is 2.28. The summed E-state index contributed by atoms with van der Waals surface area (Å²) in [5, 5.41) is 7.42. The van der Waals surface area contributed by atoms with E-state index in [2.05, 4.69) is 15.5 Å². The topological polar surface area (TPSA) is 60.2 Å². The van der Waals surface area contributed by atoms with Gasteiger partial charge in [-0.05, 0) is 32.2 Å². The number of hydrogen-bond donors (Lipinski definition) is 1. The van der Waals surface area contributed by atoms with Gasteiger partial charge in [0.05, 0.1) is 6.04 Å².